The lowest BCUT2D eigenvalue weighted by molar-refractivity contribution is -0.141. The van der Waals surface area contributed by atoms with E-state index in [9.17, 15) is 4.79 Å². The Bertz CT molecular complexity index is 309. The van der Waals surface area contributed by atoms with Gasteiger partial charge in [-0.3, -0.25) is 9.69 Å². The molecule has 0 radical (unpaired) electrons. The maximum atomic E-state index is 13.1. The Morgan fingerprint density at radius 1 is 1.19 bits per heavy atom. The van der Waals surface area contributed by atoms with Crippen LogP contribution in [0.4, 0.5) is 0 Å². The summed E-state index contributed by atoms with van der Waals surface area (Å²) in [5, 5.41) is 0. The van der Waals surface area contributed by atoms with Crippen LogP contribution in [0.2, 0.25) is 0 Å². The van der Waals surface area contributed by atoms with Crippen molar-refractivity contribution in [3.63, 3.8) is 0 Å². The van der Waals surface area contributed by atoms with Crippen LogP contribution in [0.25, 0.3) is 0 Å². The number of rotatable bonds is 9. The van der Waals surface area contributed by atoms with Gasteiger partial charge < -0.3 is 10.6 Å². The van der Waals surface area contributed by atoms with E-state index in [4.69, 9.17) is 5.73 Å². The van der Waals surface area contributed by atoms with Crippen molar-refractivity contribution in [2.75, 3.05) is 32.7 Å². The van der Waals surface area contributed by atoms with E-state index in [0.717, 1.165) is 58.3 Å². The lowest BCUT2D eigenvalue weighted by Gasteiger charge is -2.35. The molecule has 1 amide bonds. The molecule has 1 aliphatic rings. The molecule has 0 aromatic carbocycles. The van der Waals surface area contributed by atoms with Crippen LogP contribution in [0.5, 0.6) is 0 Å². The van der Waals surface area contributed by atoms with Crippen molar-refractivity contribution in [2.24, 2.45) is 11.1 Å². The van der Waals surface area contributed by atoms with Crippen LogP contribution in [0.1, 0.15) is 59.8 Å². The number of hydrogen-bond acceptors (Lipinski definition) is 3. The van der Waals surface area contributed by atoms with Crippen molar-refractivity contribution in [2.45, 2.75) is 65.8 Å². The van der Waals surface area contributed by atoms with Crippen molar-refractivity contribution in [3.8, 4) is 0 Å². The second kappa shape index (κ2) is 8.74. The molecule has 0 saturated carbocycles. The second-order valence-electron chi connectivity index (χ2n) is 6.40. The minimum absolute atomic E-state index is 0.309. The van der Waals surface area contributed by atoms with Gasteiger partial charge in [0.2, 0.25) is 5.91 Å². The Morgan fingerprint density at radius 3 is 2.19 bits per heavy atom. The van der Waals surface area contributed by atoms with Gasteiger partial charge >= 0.3 is 0 Å². The first kappa shape index (κ1) is 18.4. The topological polar surface area (TPSA) is 49.6 Å². The molecule has 0 aromatic rings. The zero-order valence-electron chi connectivity index (χ0n) is 14.5. The van der Waals surface area contributed by atoms with Crippen molar-refractivity contribution < 1.29 is 4.79 Å². The lowest BCUT2D eigenvalue weighted by Crippen LogP contribution is -2.48. The number of likely N-dealkylation sites (N-methyl/N-ethyl adjacent to an activating group) is 1. The van der Waals surface area contributed by atoms with Crippen LogP contribution in [-0.2, 0) is 4.79 Å². The molecule has 1 rings (SSSR count). The predicted octanol–water partition coefficient (Wildman–Crippen LogP) is 2.47. The number of hydrogen-bond donors (Lipinski definition) is 1. The van der Waals surface area contributed by atoms with E-state index in [1.54, 1.807) is 0 Å². The highest BCUT2D eigenvalue weighted by molar-refractivity contribution is 5.83. The highest BCUT2D eigenvalue weighted by Gasteiger charge is 2.41. The first-order chi connectivity index (χ1) is 10.1. The van der Waals surface area contributed by atoms with Crippen LogP contribution >= 0.6 is 0 Å². The number of amides is 1. The summed E-state index contributed by atoms with van der Waals surface area (Å²) in [6, 6.07) is 0.530. The van der Waals surface area contributed by atoms with Gasteiger partial charge in [-0.25, -0.2) is 0 Å². The average Bonchev–Trinajstić information content (AvgIpc) is 2.97. The first-order valence-corrected chi connectivity index (χ1v) is 8.81. The van der Waals surface area contributed by atoms with Crippen LogP contribution in [0, 0.1) is 5.41 Å². The van der Waals surface area contributed by atoms with Crippen molar-refractivity contribution in [1.29, 1.82) is 0 Å². The van der Waals surface area contributed by atoms with Gasteiger partial charge in [-0.2, -0.15) is 0 Å². The minimum atomic E-state index is -0.318. The largest absolute Gasteiger partial charge is 0.341 e. The van der Waals surface area contributed by atoms with Gasteiger partial charge in [0.05, 0.1) is 5.41 Å². The molecule has 1 heterocycles. The first-order valence-electron chi connectivity index (χ1n) is 8.81. The third-order valence-corrected chi connectivity index (χ3v) is 5.08. The van der Waals surface area contributed by atoms with Crippen LogP contribution in [0.15, 0.2) is 0 Å². The van der Waals surface area contributed by atoms with Gasteiger partial charge in [0.15, 0.2) is 0 Å². The minimum Gasteiger partial charge on any atom is -0.341 e. The molecule has 0 spiro atoms. The summed E-state index contributed by atoms with van der Waals surface area (Å²) in [4.78, 5) is 17.6. The molecule has 1 fully saturated rings. The monoisotopic (exact) mass is 297 g/mol. The summed E-state index contributed by atoms with van der Waals surface area (Å²) in [6.45, 7) is 13.1. The SMILES string of the molecule is CCCC(CN)(CCC)C(=O)N1CCC(N(CC)CC)C1. The fourth-order valence-corrected chi connectivity index (χ4v) is 3.89. The van der Waals surface area contributed by atoms with E-state index < -0.39 is 0 Å². The summed E-state index contributed by atoms with van der Waals surface area (Å²) in [6.07, 6.45) is 4.99. The normalized spacial score (nSPS) is 19.5. The highest BCUT2D eigenvalue weighted by Crippen LogP contribution is 2.33. The van der Waals surface area contributed by atoms with Gasteiger partial charge in [-0.1, -0.05) is 40.5 Å². The third kappa shape index (κ3) is 4.19. The lowest BCUT2D eigenvalue weighted by atomic mass is 9.78. The number of carbonyl (C=O) groups excluding carboxylic acids is 1. The molecule has 1 aliphatic heterocycles. The predicted molar refractivity (Wildman–Crippen MR) is 89.2 cm³/mol. The molecule has 21 heavy (non-hydrogen) atoms. The molecular formula is C17H35N3O. The molecule has 0 bridgehead atoms. The third-order valence-electron chi connectivity index (χ3n) is 5.08. The second-order valence-corrected chi connectivity index (χ2v) is 6.40. The van der Waals surface area contributed by atoms with Crippen molar-refractivity contribution >= 4 is 5.91 Å². The molecule has 2 N–H and O–H groups in total. The summed E-state index contributed by atoms with van der Waals surface area (Å²) >= 11 is 0. The van der Waals surface area contributed by atoms with E-state index in [1.807, 2.05) is 0 Å². The Hall–Kier alpha value is -0.610. The molecular weight excluding hydrogens is 262 g/mol. The zero-order chi connectivity index (χ0) is 15.9. The van der Waals surface area contributed by atoms with E-state index in [0.29, 0.717) is 18.5 Å². The molecule has 0 aliphatic carbocycles. The maximum Gasteiger partial charge on any atom is 0.230 e. The Balaban J connectivity index is 2.77. The molecule has 0 aromatic heterocycles. The van der Waals surface area contributed by atoms with E-state index in [1.165, 1.54) is 0 Å². The Kier molecular flexibility index (Phi) is 7.67. The average molecular weight is 297 g/mol. The molecule has 4 heteroatoms. The van der Waals surface area contributed by atoms with Crippen LogP contribution in [0.3, 0.4) is 0 Å². The Morgan fingerprint density at radius 2 is 1.76 bits per heavy atom. The quantitative estimate of drug-likeness (QED) is 0.711. The summed E-state index contributed by atoms with van der Waals surface area (Å²) < 4.78 is 0. The van der Waals surface area contributed by atoms with Gasteiger partial charge in [0.25, 0.3) is 0 Å². The van der Waals surface area contributed by atoms with Crippen molar-refractivity contribution in [1.82, 2.24) is 9.80 Å². The standard InChI is InChI=1S/C17H35N3O/c1-5-10-17(14-18,11-6-2)16(21)20-12-9-15(13-20)19(7-3)8-4/h15H,5-14,18H2,1-4H3. The van der Waals surface area contributed by atoms with Gasteiger partial charge in [-0.15, -0.1) is 0 Å². The molecule has 1 unspecified atom stereocenters. The maximum absolute atomic E-state index is 13.1. The number of carbonyl (C=O) groups is 1. The number of nitrogens with two attached hydrogens (primary N) is 1. The molecule has 1 atom stereocenters. The zero-order valence-corrected chi connectivity index (χ0v) is 14.5. The molecule has 4 nitrogen and oxygen atoms in total. The van der Waals surface area contributed by atoms with Gasteiger partial charge in [-0.05, 0) is 32.4 Å². The number of nitrogens with zero attached hydrogens (tertiary/aromatic N) is 2. The molecule has 124 valence electrons. The van der Waals surface area contributed by atoms with E-state index >= 15 is 0 Å². The van der Waals surface area contributed by atoms with Crippen LogP contribution in [-0.4, -0.2) is 54.5 Å². The van der Waals surface area contributed by atoms with E-state index in [-0.39, 0.29) is 5.41 Å². The van der Waals surface area contributed by atoms with Crippen LogP contribution < -0.4 is 5.73 Å². The smallest absolute Gasteiger partial charge is 0.230 e. The fourth-order valence-electron chi connectivity index (χ4n) is 3.89. The highest BCUT2D eigenvalue weighted by atomic mass is 16.2. The van der Waals surface area contributed by atoms with Crippen molar-refractivity contribution in [3.05, 3.63) is 0 Å². The van der Waals surface area contributed by atoms with E-state index in [2.05, 4.69) is 37.5 Å². The van der Waals surface area contributed by atoms with Gasteiger partial charge in [0, 0.05) is 25.7 Å². The summed E-state index contributed by atoms with van der Waals surface area (Å²) in [5.74, 6) is 0.309. The number of likely N-dealkylation sites (tertiary alicyclic amines) is 1. The fraction of sp³-hybridized carbons (Fsp3) is 0.941. The Labute approximate surface area is 131 Å². The summed E-state index contributed by atoms with van der Waals surface area (Å²) in [5.41, 5.74) is 5.72. The van der Waals surface area contributed by atoms with Gasteiger partial charge in [0.1, 0.15) is 0 Å². The molecule has 1 saturated heterocycles. The summed E-state index contributed by atoms with van der Waals surface area (Å²) in [7, 11) is 0.